The van der Waals surface area contributed by atoms with Gasteiger partial charge in [0.1, 0.15) is 0 Å². The number of hydrogen-bond donors (Lipinski definition) is 1. The van der Waals surface area contributed by atoms with Gasteiger partial charge in [-0.1, -0.05) is 13.0 Å². The second-order valence-corrected chi connectivity index (χ2v) is 3.26. The van der Waals surface area contributed by atoms with Crippen LogP contribution in [-0.2, 0) is 14.3 Å². The smallest absolute Gasteiger partial charge is 0.315 e. The highest BCUT2D eigenvalue weighted by Gasteiger charge is 2.09. The zero-order chi connectivity index (χ0) is 10.8. The first-order valence-corrected chi connectivity index (χ1v) is 5.32. The van der Waals surface area contributed by atoms with Crippen LogP contribution in [0.4, 0.5) is 0 Å². The molecule has 0 fully saturated rings. The Hall–Kier alpha value is -0.480. The van der Waals surface area contributed by atoms with Crippen LogP contribution in [0.3, 0.4) is 0 Å². The fourth-order valence-corrected chi connectivity index (χ4v) is 0.950. The van der Waals surface area contributed by atoms with Crippen LogP contribution >= 0.6 is 12.6 Å². The summed E-state index contributed by atoms with van der Waals surface area (Å²) in [7, 11) is 0. The first-order valence-electron chi connectivity index (χ1n) is 4.69. The van der Waals surface area contributed by atoms with Gasteiger partial charge in [0.25, 0.3) is 0 Å². The third kappa shape index (κ3) is 6.97. The quantitative estimate of drug-likeness (QED) is 0.291. The molecule has 82 valence electrons. The molecule has 1 unspecified atom stereocenters. The fourth-order valence-electron chi connectivity index (χ4n) is 0.858. The maximum absolute atomic E-state index is 10.8. The van der Waals surface area contributed by atoms with E-state index in [1.54, 1.807) is 6.08 Å². The van der Waals surface area contributed by atoms with Crippen molar-refractivity contribution in [2.45, 2.75) is 13.3 Å². The van der Waals surface area contributed by atoms with Crippen LogP contribution in [0.15, 0.2) is 12.7 Å². The molecule has 0 aliphatic heterocycles. The Balaban J connectivity index is 3.57. The van der Waals surface area contributed by atoms with Crippen LogP contribution in [0.25, 0.3) is 0 Å². The van der Waals surface area contributed by atoms with Crippen molar-refractivity contribution >= 4 is 18.6 Å². The molecule has 0 N–H and O–H groups in total. The molecule has 0 aromatic heterocycles. The second kappa shape index (κ2) is 9.09. The Kier molecular flexibility index (Phi) is 8.78. The van der Waals surface area contributed by atoms with Gasteiger partial charge in [0.05, 0.1) is 25.6 Å². The van der Waals surface area contributed by atoms with Crippen molar-refractivity contribution in [1.82, 2.24) is 0 Å². The summed E-state index contributed by atoms with van der Waals surface area (Å²) >= 11 is 3.81. The number of esters is 1. The van der Waals surface area contributed by atoms with Crippen molar-refractivity contribution in [2.75, 3.05) is 25.6 Å². The van der Waals surface area contributed by atoms with Crippen LogP contribution in [0, 0.1) is 5.92 Å². The summed E-state index contributed by atoms with van der Waals surface area (Å²) in [5.74, 6) is 0.110. The molecule has 0 aliphatic rings. The molecule has 0 saturated carbocycles. The molecule has 0 rings (SSSR count). The maximum Gasteiger partial charge on any atom is 0.315 e. The largest absolute Gasteiger partial charge is 0.465 e. The molecule has 4 heteroatoms. The van der Waals surface area contributed by atoms with Gasteiger partial charge in [-0.15, -0.1) is 6.58 Å². The molecule has 3 nitrogen and oxygen atoms in total. The topological polar surface area (TPSA) is 35.5 Å². The summed E-state index contributed by atoms with van der Waals surface area (Å²) in [6, 6.07) is 0. The number of carbonyl (C=O) groups is 1. The van der Waals surface area contributed by atoms with Gasteiger partial charge in [0.2, 0.25) is 0 Å². The number of ether oxygens (including phenoxy) is 2. The van der Waals surface area contributed by atoms with Crippen LogP contribution in [0.2, 0.25) is 0 Å². The lowest BCUT2D eigenvalue weighted by Crippen LogP contribution is -2.19. The lowest BCUT2D eigenvalue weighted by molar-refractivity contribution is -0.142. The van der Waals surface area contributed by atoms with Crippen molar-refractivity contribution in [3.8, 4) is 0 Å². The van der Waals surface area contributed by atoms with E-state index in [0.29, 0.717) is 19.8 Å². The Morgan fingerprint density at radius 3 is 2.79 bits per heavy atom. The molecule has 0 spiro atoms. The highest BCUT2D eigenvalue weighted by molar-refractivity contribution is 7.81. The average Bonchev–Trinajstić information content (AvgIpc) is 2.22. The molecule has 0 radical (unpaired) electrons. The summed E-state index contributed by atoms with van der Waals surface area (Å²) in [4.78, 5) is 10.8. The predicted octanol–water partition coefficient (Wildman–Crippen LogP) is 1.69. The van der Waals surface area contributed by atoms with Gasteiger partial charge >= 0.3 is 5.97 Å². The Morgan fingerprint density at radius 1 is 1.57 bits per heavy atom. The predicted molar refractivity (Wildman–Crippen MR) is 59.6 cm³/mol. The minimum atomic E-state index is -0.282. The SMILES string of the molecule is C=CCOCC(CC)COC(=O)CS. The number of carbonyl (C=O) groups excluding carboxylic acids is 1. The third-order valence-corrected chi connectivity index (χ3v) is 2.03. The van der Waals surface area contributed by atoms with Crippen molar-refractivity contribution in [2.24, 2.45) is 5.92 Å². The lowest BCUT2D eigenvalue weighted by atomic mass is 10.1. The van der Waals surface area contributed by atoms with Gasteiger partial charge in [0, 0.05) is 5.92 Å². The molecule has 0 amide bonds. The summed E-state index contributed by atoms with van der Waals surface area (Å²) in [6.45, 7) is 7.14. The molecule has 0 heterocycles. The Morgan fingerprint density at radius 2 is 2.29 bits per heavy atom. The average molecular weight is 218 g/mol. The molecular weight excluding hydrogens is 200 g/mol. The minimum Gasteiger partial charge on any atom is -0.465 e. The van der Waals surface area contributed by atoms with Crippen LogP contribution in [0.1, 0.15) is 13.3 Å². The molecule has 14 heavy (non-hydrogen) atoms. The standard InChI is InChI=1S/C10H18O3S/c1-3-5-12-6-9(4-2)7-13-10(11)8-14/h3,9,14H,1,4-8H2,2H3. The molecular formula is C10H18O3S. The summed E-state index contributed by atoms with van der Waals surface area (Å²) in [6.07, 6.45) is 2.63. The minimum absolute atomic E-state index is 0.129. The fraction of sp³-hybridized carbons (Fsp3) is 0.700. The third-order valence-electron chi connectivity index (χ3n) is 1.78. The van der Waals surface area contributed by atoms with Gasteiger partial charge in [-0.05, 0) is 6.42 Å². The Bertz CT molecular complexity index is 171. The molecule has 0 aromatic carbocycles. The van der Waals surface area contributed by atoms with E-state index in [0.717, 1.165) is 6.42 Å². The van der Waals surface area contributed by atoms with E-state index in [2.05, 4.69) is 19.2 Å². The normalized spacial score (nSPS) is 12.1. The Labute approximate surface area is 90.9 Å². The lowest BCUT2D eigenvalue weighted by Gasteiger charge is -2.14. The number of thiol groups is 1. The van der Waals surface area contributed by atoms with Gasteiger partial charge in [-0.3, -0.25) is 4.79 Å². The van der Waals surface area contributed by atoms with Gasteiger partial charge in [-0.2, -0.15) is 12.6 Å². The van der Waals surface area contributed by atoms with Gasteiger partial charge in [0.15, 0.2) is 0 Å². The van der Waals surface area contributed by atoms with Crippen LogP contribution in [-0.4, -0.2) is 31.5 Å². The highest BCUT2D eigenvalue weighted by atomic mass is 32.1. The molecule has 0 bridgehead atoms. The van der Waals surface area contributed by atoms with Crippen molar-refractivity contribution < 1.29 is 14.3 Å². The molecule has 0 aromatic rings. The summed E-state index contributed by atoms with van der Waals surface area (Å²) in [5, 5.41) is 0. The van der Waals surface area contributed by atoms with Crippen LogP contribution in [0.5, 0.6) is 0 Å². The molecule has 0 aliphatic carbocycles. The molecule has 1 atom stereocenters. The highest BCUT2D eigenvalue weighted by Crippen LogP contribution is 2.04. The van der Waals surface area contributed by atoms with Gasteiger partial charge < -0.3 is 9.47 Å². The first kappa shape index (κ1) is 13.5. The van der Waals surface area contributed by atoms with Gasteiger partial charge in [-0.25, -0.2) is 0 Å². The van der Waals surface area contributed by atoms with E-state index in [4.69, 9.17) is 9.47 Å². The summed E-state index contributed by atoms with van der Waals surface area (Å²) < 4.78 is 10.2. The van der Waals surface area contributed by atoms with E-state index < -0.39 is 0 Å². The van der Waals surface area contributed by atoms with E-state index >= 15 is 0 Å². The maximum atomic E-state index is 10.8. The summed E-state index contributed by atoms with van der Waals surface area (Å²) in [5.41, 5.74) is 0. The van der Waals surface area contributed by atoms with E-state index in [9.17, 15) is 4.79 Å². The van der Waals surface area contributed by atoms with E-state index in [-0.39, 0.29) is 17.6 Å². The van der Waals surface area contributed by atoms with Crippen molar-refractivity contribution in [1.29, 1.82) is 0 Å². The number of rotatable bonds is 8. The monoisotopic (exact) mass is 218 g/mol. The first-order chi connectivity index (χ1) is 6.74. The van der Waals surface area contributed by atoms with E-state index in [1.165, 1.54) is 0 Å². The van der Waals surface area contributed by atoms with Crippen molar-refractivity contribution in [3.63, 3.8) is 0 Å². The number of hydrogen-bond acceptors (Lipinski definition) is 4. The zero-order valence-corrected chi connectivity index (χ0v) is 9.46. The second-order valence-electron chi connectivity index (χ2n) is 2.94. The molecule has 0 saturated heterocycles. The van der Waals surface area contributed by atoms with Crippen molar-refractivity contribution in [3.05, 3.63) is 12.7 Å². The van der Waals surface area contributed by atoms with Crippen LogP contribution < -0.4 is 0 Å². The zero-order valence-electron chi connectivity index (χ0n) is 8.57. The van der Waals surface area contributed by atoms with E-state index in [1.807, 2.05) is 6.92 Å².